The van der Waals surface area contributed by atoms with E-state index in [0.29, 0.717) is 11.1 Å². The van der Waals surface area contributed by atoms with Crippen LogP contribution in [0.25, 0.3) is 33.3 Å². The number of carbonyl (C=O) groups is 1. The summed E-state index contributed by atoms with van der Waals surface area (Å²) in [6.45, 7) is 0. The van der Waals surface area contributed by atoms with E-state index in [1.807, 2.05) is 0 Å². The summed E-state index contributed by atoms with van der Waals surface area (Å²) in [4.78, 5) is 15.8. The van der Waals surface area contributed by atoms with E-state index in [9.17, 15) is 23.1 Å². The van der Waals surface area contributed by atoms with Gasteiger partial charge in [-0.05, 0) is 29.8 Å². The van der Waals surface area contributed by atoms with Gasteiger partial charge in [-0.2, -0.15) is 0 Å². The lowest BCUT2D eigenvalue weighted by molar-refractivity contribution is 0.0699. The van der Waals surface area contributed by atoms with Crippen molar-refractivity contribution < 1.29 is 23.1 Å². The van der Waals surface area contributed by atoms with Crippen LogP contribution in [0.4, 0.5) is 13.2 Å². The van der Waals surface area contributed by atoms with Gasteiger partial charge in [0.15, 0.2) is 0 Å². The average molecular weight is 379 g/mol. The smallest absolute Gasteiger partial charge is 0.336 e. The second-order valence-corrected chi connectivity index (χ2v) is 6.20. The van der Waals surface area contributed by atoms with Crippen LogP contribution >= 0.6 is 0 Å². The molecule has 0 unspecified atom stereocenters. The van der Waals surface area contributed by atoms with Gasteiger partial charge < -0.3 is 5.11 Å². The number of hydrogen-bond acceptors (Lipinski definition) is 2. The number of fused-ring (bicyclic) bond motifs is 1. The van der Waals surface area contributed by atoms with Gasteiger partial charge in [0, 0.05) is 22.6 Å². The van der Waals surface area contributed by atoms with Gasteiger partial charge in [0.2, 0.25) is 0 Å². The van der Waals surface area contributed by atoms with Gasteiger partial charge in [0.1, 0.15) is 23.0 Å². The van der Waals surface area contributed by atoms with Crippen LogP contribution in [0.1, 0.15) is 10.4 Å². The van der Waals surface area contributed by atoms with Gasteiger partial charge in [-0.15, -0.1) is 0 Å². The Morgan fingerprint density at radius 2 is 1.54 bits per heavy atom. The predicted molar refractivity (Wildman–Crippen MR) is 99.4 cm³/mol. The van der Waals surface area contributed by atoms with Crippen LogP contribution in [0.5, 0.6) is 0 Å². The molecule has 0 aliphatic heterocycles. The Kier molecular flexibility index (Phi) is 4.31. The van der Waals surface area contributed by atoms with E-state index in [-0.39, 0.29) is 27.7 Å². The zero-order valence-corrected chi connectivity index (χ0v) is 14.3. The van der Waals surface area contributed by atoms with Gasteiger partial charge in [0.05, 0.1) is 11.3 Å². The SMILES string of the molecule is O=C(O)c1cc(-c2ccc(-c3ccc(F)cc3F)cc2)nc2c(F)cccc12. The molecule has 138 valence electrons. The lowest BCUT2D eigenvalue weighted by atomic mass is 10.0. The molecule has 0 saturated carbocycles. The van der Waals surface area contributed by atoms with E-state index in [1.165, 1.54) is 36.4 Å². The number of aromatic nitrogens is 1. The van der Waals surface area contributed by atoms with Crippen LogP contribution in [0.15, 0.2) is 66.7 Å². The summed E-state index contributed by atoms with van der Waals surface area (Å²) >= 11 is 0. The van der Waals surface area contributed by atoms with Gasteiger partial charge in [-0.25, -0.2) is 22.9 Å². The average Bonchev–Trinajstić information content (AvgIpc) is 2.68. The molecule has 3 aromatic carbocycles. The number of rotatable bonds is 3. The Morgan fingerprint density at radius 1 is 0.821 bits per heavy atom. The topological polar surface area (TPSA) is 50.2 Å². The molecule has 0 aliphatic carbocycles. The number of benzene rings is 3. The molecule has 0 radical (unpaired) electrons. The van der Waals surface area contributed by atoms with Crippen molar-refractivity contribution in [2.45, 2.75) is 0 Å². The molecular formula is C22H12F3NO2. The number of carboxylic acids is 1. The molecule has 0 atom stereocenters. The highest BCUT2D eigenvalue weighted by molar-refractivity contribution is 6.03. The Hall–Kier alpha value is -3.67. The number of nitrogens with zero attached hydrogens (tertiary/aromatic N) is 1. The molecule has 0 saturated heterocycles. The quantitative estimate of drug-likeness (QED) is 0.498. The second kappa shape index (κ2) is 6.81. The van der Waals surface area contributed by atoms with E-state index in [4.69, 9.17) is 0 Å². The molecule has 1 aromatic heterocycles. The number of pyridine rings is 1. The number of aromatic carboxylic acids is 1. The van der Waals surface area contributed by atoms with Gasteiger partial charge in [0.25, 0.3) is 0 Å². The first-order valence-electron chi connectivity index (χ1n) is 8.32. The minimum atomic E-state index is -1.19. The first-order valence-corrected chi connectivity index (χ1v) is 8.32. The van der Waals surface area contributed by atoms with E-state index in [0.717, 1.165) is 6.07 Å². The zero-order chi connectivity index (χ0) is 19.8. The van der Waals surface area contributed by atoms with Crippen molar-refractivity contribution in [2.75, 3.05) is 0 Å². The van der Waals surface area contributed by atoms with E-state index < -0.39 is 23.4 Å². The number of halogens is 3. The normalized spacial score (nSPS) is 11.0. The molecule has 4 rings (SSSR count). The Labute approximate surface area is 157 Å². The summed E-state index contributed by atoms with van der Waals surface area (Å²) in [5.41, 5.74) is 1.47. The van der Waals surface area contributed by atoms with Crippen LogP contribution in [-0.4, -0.2) is 16.1 Å². The Balaban J connectivity index is 1.82. The highest BCUT2D eigenvalue weighted by Crippen LogP contribution is 2.29. The summed E-state index contributed by atoms with van der Waals surface area (Å²) in [5.74, 6) is -3.16. The molecule has 4 aromatic rings. The second-order valence-electron chi connectivity index (χ2n) is 6.20. The predicted octanol–water partition coefficient (Wildman–Crippen LogP) is 5.68. The van der Waals surface area contributed by atoms with Crippen molar-refractivity contribution in [1.29, 1.82) is 0 Å². The Morgan fingerprint density at radius 3 is 2.21 bits per heavy atom. The van der Waals surface area contributed by atoms with E-state index in [1.54, 1.807) is 24.3 Å². The van der Waals surface area contributed by atoms with Crippen LogP contribution < -0.4 is 0 Å². The van der Waals surface area contributed by atoms with Crippen LogP contribution in [0.2, 0.25) is 0 Å². The number of carboxylic acid groups (broad SMARTS) is 1. The summed E-state index contributed by atoms with van der Waals surface area (Å²) in [5, 5.41) is 9.68. The maximum absolute atomic E-state index is 14.2. The van der Waals surface area contributed by atoms with E-state index >= 15 is 0 Å². The lowest BCUT2D eigenvalue weighted by Gasteiger charge is -2.09. The highest BCUT2D eigenvalue weighted by Gasteiger charge is 2.15. The van der Waals surface area contributed by atoms with Crippen LogP contribution in [-0.2, 0) is 0 Å². The Bertz CT molecular complexity index is 1220. The molecule has 1 heterocycles. The third-order valence-corrected chi connectivity index (χ3v) is 4.44. The molecule has 6 heteroatoms. The minimum Gasteiger partial charge on any atom is -0.478 e. The fourth-order valence-corrected chi connectivity index (χ4v) is 3.08. The van der Waals surface area contributed by atoms with Crippen molar-refractivity contribution in [3.05, 3.63) is 89.7 Å². The van der Waals surface area contributed by atoms with Gasteiger partial charge in [-0.3, -0.25) is 0 Å². The number of hydrogen-bond donors (Lipinski definition) is 1. The van der Waals surface area contributed by atoms with Gasteiger partial charge in [-0.1, -0.05) is 36.4 Å². The highest BCUT2D eigenvalue weighted by atomic mass is 19.1. The molecule has 0 amide bonds. The molecule has 0 bridgehead atoms. The lowest BCUT2D eigenvalue weighted by Crippen LogP contribution is -2.01. The molecule has 3 nitrogen and oxygen atoms in total. The third kappa shape index (κ3) is 3.09. The van der Waals surface area contributed by atoms with Crippen LogP contribution in [0.3, 0.4) is 0 Å². The van der Waals surface area contributed by atoms with E-state index in [2.05, 4.69) is 4.98 Å². The largest absolute Gasteiger partial charge is 0.478 e. The molecule has 0 aliphatic rings. The monoisotopic (exact) mass is 379 g/mol. The summed E-state index contributed by atoms with van der Waals surface area (Å²) < 4.78 is 41.2. The van der Waals surface area contributed by atoms with Gasteiger partial charge >= 0.3 is 5.97 Å². The first-order chi connectivity index (χ1) is 13.4. The van der Waals surface area contributed by atoms with Crippen molar-refractivity contribution in [3.63, 3.8) is 0 Å². The fraction of sp³-hybridized carbons (Fsp3) is 0. The molecule has 0 spiro atoms. The maximum Gasteiger partial charge on any atom is 0.336 e. The molecule has 0 fully saturated rings. The maximum atomic E-state index is 14.2. The molecular weight excluding hydrogens is 367 g/mol. The number of para-hydroxylation sites is 1. The van der Waals surface area contributed by atoms with Crippen molar-refractivity contribution in [3.8, 4) is 22.4 Å². The summed E-state index contributed by atoms with van der Waals surface area (Å²) in [7, 11) is 0. The minimum absolute atomic E-state index is 0.0361. The summed E-state index contributed by atoms with van der Waals surface area (Å²) in [6, 6.07) is 15.3. The molecule has 1 N–H and O–H groups in total. The van der Waals surface area contributed by atoms with Crippen molar-refractivity contribution in [1.82, 2.24) is 4.98 Å². The first kappa shape index (κ1) is 17.7. The standard InChI is InChI=1S/C22H12F3NO2/c23-14-8-9-15(19(25)10-14)12-4-6-13(7-5-12)20-11-17(22(27)28)16-2-1-3-18(24)21(16)26-20/h1-11H,(H,27,28). The fourth-order valence-electron chi connectivity index (χ4n) is 3.08. The van der Waals surface area contributed by atoms with Crippen molar-refractivity contribution in [2.24, 2.45) is 0 Å². The molecule has 28 heavy (non-hydrogen) atoms. The third-order valence-electron chi connectivity index (χ3n) is 4.44. The zero-order valence-electron chi connectivity index (χ0n) is 14.3. The summed E-state index contributed by atoms with van der Waals surface area (Å²) in [6.07, 6.45) is 0. The van der Waals surface area contributed by atoms with Crippen molar-refractivity contribution >= 4 is 16.9 Å². The van der Waals surface area contributed by atoms with Crippen LogP contribution in [0, 0.1) is 17.5 Å².